The zero-order valence-corrected chi connectivity index (χ0v) is 11.8. The van der Waals surface area contributed by atoms with E-state index in [0.717, 1.165) is 9.87 Å². The number of aliphatic carboxylic acids is 1. The van der Waals surface area contributed by atoms with Gasteiger partial charge in [0.25, 0.3) is 0 Å². The van der Waals surface area contributed by atoms with E-state index in [9.17, 15) is 13.2 Å². The van der Waals surface area contributed by atoms with Gasteiger partial charge in [0.15, 0.2) is 0 Å². The zero-order valence-electron chi connectivity index (χ0n) is 11.0. The molecule has 1 aromatic carbocycles. The normalized spacial score (nSPS) is 11.5. The molecule has 0 amide bonds. The maximum absolute atomic E-state index is 12.4. The lowest BCUT2D eigenvalue weighted by molar-refractivity contribution is -0.137. The Morgan fingerprint density at radius 2 is 2.05 bits per heavy atom. The van der Waals surface area contributed by atoms with Gasteiger partial charge in [-0.2, -0.15) is 4.31 Å². The second-order valence-corrected chi connectivity index (χ2v) is 6.16. The van der Waals surface area contributed by atoms with Crippen LogP contribution in [0.15, 0.2) is 35.7 Å². The Labute approximate surface area is 113 Å². The number of rotatable bonds is 6. The largest absolute Gasteiger partial charge is 0.480 e. The van der Waals surface area contributed by atoms with Crippen LogP contribution in [0, 0.1) is 13.8 Å². The molecule has 0 saturated carbocycles. The number of carboxylic acids is 1. The highest BCUT2D eigenvalue weighted by Gasteiger charge is 2.27. The molecule has 0 atom stereocenters. The summed E-state index contributed by atoms with van der Waals surface area (Å²) in [6.07, 6.45) is 1.37. The average molecular weight is 283 g/mol. The molecule has 1 aromatic rings. The molecule has 0 fully saturated rings. The van der Waals surface area contributed by atoms with E-state index in [1.165, 1.54) is 6.08 Å². The molecule has 104 valence electrons. The van der Waals surface area contributed by atoms with Gasteiger partial charge in [0.1, 0.15) is 6.54 Å². The van der Waals surface area contributed by atoms with Crippen molar-refractivity contribution >= 4 is 16.0 Å². The van der Waals surface area contributed by atoms with Gasteiger partial charge in [0.05, 0.1) is 4.90 Å². The first-order valence-electron chi connectivity index (χ1n) is 5.69. The number of benzene rings is 1. The molecule has 0 heterocycles. The minimum Gasteiger partial charge on any atom is -0.480 e. The number of hydrogen-bond acceptors (Lipinski definition) is 3. The van der Waals surface area contributed by atoms with Crippen molar-refractivity contribution in [2.45, 2.75) is 18.7 Å². The van der Waals surface area contributed by atoms with Gasteiger partial charge in [0, 0.05) is 6.54 Å². The topological polar surface area (TPSA) is 74.7 Å². The molecular formula is C13H17NO4S. The van der Waals surface area contributed by atoms with Crippen molar-refractivity contribution in [2.24, 2.45) is 0 Å². The maximum atomic E-state index is 12.4. The molecule has 0 aliphatic heterocycles. The summed E-state index contributed by atoms with van der Waals surface area (Å²) in [5.74, 6) is -1.20. The molecule has 0 bridgehead atoms. The number of carbonyl (C=O) groups is 1. The molecule has 0 unspecified atom stereocenters. The molecule has 0 aliphatic carbocycles. The van der Waals surface area contributed by atoms with Crippen LogP contribution in [0.1, 0.15) is 11.1 Å². The van der Waals surface area contributed by atoms with Crippen LogP contribution in [0.2, 0.25) is 0 Å². The predicted molar refractivity (Wildman–Crippen MR) is 72.5 cm³/mol. The Morgan fingerprint density at radius 3 is 2.58 bits per heavy atom. The fourth-order valence-electron chi connectivity index (χ4n) is 1.67. The van der Waals surface area contributed by atoms with Crippen LogP contribution in [0.4, 0.5) is 0 Å². The summed E-state index contributed by atoms with van der Waals surface area (Å²) in [5, 5.41) is 8.80. The van der Waals surface area contributed by atoms with Crippen LogP contribution >= 0.6 is 0 Å². The Hall–Kier alpha value is -1.66. The molecule has 19 heavy (non-hydrogen) atoms. The Morgan fingerprint density at radius 1 is 1.42 bits per heavy atom. The van der Waals surface area contributed by atoms with Crippen LogP contribution in [0.3, 0.4) is 0 Å². The van der Waals surface area contributed by atoms with Crippen LogP contribution in [-0.2, 0) is 14.8 Å². The lowest BCUT2D eigenvalue weighted by Crippen LogP contribution is -2.36. The molecule has 0 saturated heterocycles. The third-order valence-electron chi connectivity index (χ3n) is 2.61. The number of hydrogen-bond donors (Lipinski definition) is 1. The summed E-state index contributed by atoms with van der Waals surface area (Å²) < 4.78 is 25.8. The first-order chi connectivity index (χ1) is 8.78. The highest BCUT2D eigenvalue weighted by atomic mass is 32.2. The zero-order chi connectivity index (χ0) is 14.6. The van der Waals surface area contributed by atoms with Gasteiger partial charge in [0.2, 0.25) is 10.0 Å². The Balaban J connectivity index is 3.29. The van der Waals surface area contributed by atoms with E-state index in [4.69, 9.17) is 5.11 Å². The number of carboxylic acid groups (broad SMARTS) is 1. The molecule has 0 spiro atoms. The number of sulfonamides is 1. The molecule has 1 rings (SSSR count). The summed E-state index contributed by atoms with van der Waals surface area (Å²) in [5.41, 5.74) is 1.39. The smallest absolute Gasteiger partial charge is 0.318 e. The average Bonchev–Trinajstić information content (AvgIpc) is 2.31. The van der Waals surface area contributed by atoms with E-state index in [1.54, 1.807) is 26.0 Å². The first kappa shape index (κ1) is 15.4. The van der Waals surface area contributed by atoms with Crippen LogP contribution in [0.5, 0.6) is 0 Å². The monoisotopic (exact) mass is 283 g/mol. The first-order valence-corrected chi connectivity index (χ1v) is 7.13. The van der Waals surface area contributed by atoms with Crippen LogP contribution < -0.4 is 0 Å². The summed E-state index contributed by atoms with van der Waals surface area (Å²) in [7, 11) is -3.83. The molecule has 0 aromatic heterocycles. The quantitative estimate of drug-likeness (QED) is 0.804. The van der Waals surface area contributed by atoms with E-state index in [1.807, 2.05) is 6.07 Å². The highest BCUT2D eigenvalue weighted by molar-refractivity contribution is 7.89. The van der Waals surface area contributed by atoms with E-state index >= 15 is 0 Å². The Bertz CT molecular complexity index is 593. The lowest BCUT2D eigenvalue weighted by atomic mass is 10.2. The highest BCUT2D eigenvalue weighted by Crippen LogP contribution is 2.21. The molecule has 1 N–H and O–H groups in total. The standard InChI is InChI=1S/C13H17NO4S/c1-4-7-14(9-13(15)16)19(17,18)12-8-10(2)5-6-11(12)3/h4-6,8H,1,7,9H2,2-3H3,(H,15,16). The number of nitrogens with zero attached hydrogens (tertiary/aromatic N) is 1. The third-order valence-corrected chi connectivity index (χ3v) is 4.56. The van der Waals surface area contributed by atoms with Crippen molar-refractivity contribution in [3.05, 3.63) is 42.0 Å². The van der Waals surface area contributed by atoms with Crippen molar-refractivity contribution < 1.29 is 18.3 Å². The maximum Gasteiger partial charge on any atom is 0.318 e. The summed E-state index contributed by atoms with van der Waals surface area (Å²) in [6.45, 7) is 6.30. The van der Waals surface area contributed by atoms with Gasteiger partial charge in [-0.15, -0.1) is 6.58 Å². The SMILES string of the molecule is C=CCN(CC(=O)O)S(=O)(=O)c1cc(C)ccc1C. The van der Waals surface area contributed by atoms with Gasteiger partial charge in [-0.05, 0) is 31.0 Å². The van der Waals surface area contributed by atoms with E-state index in [-0.39, 0.29) is 11.4 Å². The van der Waals surface area contributed by atoms with Crippen molar-refractivity contribution in [3.63, 3.8) is 0 Å². The van der Waals surface area contributed by atoms with E-state index < -0.39 is 22.5 Å². The van der Waals surface area contributed by atoms with E-state index in [0.29, 0.717) is 5.56 Å². The predicted octanol–water partition coefficient (Wildman–Crippen LogP) is 1.56. The van der Waals surface area contributed by atoms with E-state index in [2.05, 4.69) is 6.58 Å². The van der Waals surface area contributed by atoms with Gasteiger partial charge in [-0.25, -0.2) is 8.42 Å². The van der Waals surface area contributed by atoms with Gasteiger partial charge in [-0.3, -0.25) is 4.79 Å². The van der Waals surface area contributed by atoms with Crippen molar-refractivity contribution in [3.8, 4) is 0 Å². The molecular weight excluding hydrogens is 266 g/mol. The van der Waals surface area contributed by atoms with Crippen molar-refractivity contribution in [2.75, 3.05) is 13.1 Å². The van der Waals surface area contributed by atoms with Crippen LogP contribution in [0.25, 0.3) is 0 Å². The van der Waals surface area contributed by atoms with Crippen LogP contribution in [-0.4, -0.2) is 36.9 Å². The summed E-state index contributed by atoms with van der Waals surface area (Å²) in [6, 6.07) is 5.06. The van der Waals surface area contributed by atoms with Gasteiger partial charge < -0.3 is 5.11 Å². The van der Waals surface area contributed by atoms with Crippen molar-refractivity contribution in [1.29, 1.82) is 0 Å². The fourth-order valence-corrected chi connectivity index (χ4v) is 3.34. The molecule has 0 aliphatic rings. The summed E-state index contributed by atoms with van der Waals surface area (Å²) in [4.78, 5) is 10.9. The third kappa shape index (κ3) is 3.65. The molecule has 0 radical (unpaired) electrons. The molecule has 6 heteroatoms. The minimum atomic E-state index is -3.83. The van der Waals surface area contributed by atoms with Gasteiger partial charge >= 0.3 is 5.97 Å². The van der Waals surface area contributed by atoms with Gasteiger partial charge in [-0.1, -0.05) is 18.2 Å². The Kier molecular flexibility index (Phi) is 4.85. The number of aryl methyl sites for hydroxylation is 2. The molecule has 5 nitrogen and oxygen atoms in total. The van der Waals surface area contributed by atoms with Crippen molar-refractivity contribution in [1.82, 2.24) is 4.31 Å². The fraction of sp³-hybridized carbons (Fsp3) is 0.308. The lowest BCUT2D eigenvalue weighted by Gasteiger charge is -2.20. The second-order valence-electron chi connectivity index (χ2n) is 4.25. The summed E-state index contributed by atoms with van der Waals surface area (Å²) >= 11 is 0. The minimum absolute atomic E-state index is 0.0397. The second kappa shape index (κ2) is 5.99.